The van der Waals surface area contributed by atoms with Crippen molar-refractivity contribution in [3.05, 3.63) is 24.0 Å². The molecule has 0 amide bonds. The first-order chi connectivity index (χ1) is 5.55. The monoisotopic (exact) mass is 188 g/mol. The second-order valence-electron chi connectivity index (χ2n) is 3.02. The summed E-state index contributed by atoms with van der Waals surface area (Å²) in [7, 11) is 0. The predicted octanol–water partition coefficient (Wildman–Crippen LogP) is -3.49. The smallest absolute Gasteiger partial charge is 0.549 e. The second-order valence-corrected chi connectivity index (χ2v) is 3.02. The van der Waals surface area contributed by atoms with Crippen LogP contribution in [0.15, 0.2) is 18.3 Å². The van der Waals surface area contributed by atoms with E-state index in [1.807, 2.05) is 0 Å². The van der Waals surface area contributed by atoms with Crippen molar-refractivity contribution in [2.75, 3.05) is 0 Å². The van der Waals surface area contributed by atoms with Gasteiger partial charge in [-0.15, -0.1) is 0 Å². The Hall–Kier alpha value is -0.450. The van der Waals surface area contributed by atoms with Crippen molar-refractivity contribution in [3.8, 4) is 0 Å². The fourth-order valence-corrected chi connectivity index (χ4v) is 0.739. The summed E-state index contributed by atoms with van der Waals surface area (Å²) in [4.78, 5) is 10.6. The topological polar surface area (TPSA) is 65.9 Å². The summed E-state index contributed by atoms with van der Waals surface area (Å²) < 4.78 is 0. The van der Waals surface area contributed by atoms with Crippen LogP contribution >= 0.6 is 0 Å². The van der Waals surface area contributed by atoms with E-state index in [4.69, 9.17) is 0 Å². The zero-order chi connectivity index (χ0) is 9.19. The van der Waals surface area contributed by atoms with Gasteiger partial charge < -0.3 is 9.90 Å². The van der Waals surface area contributed by atoms with Gasteiger partial charge in [0.05, 0.1) is 11.7 Å². The van der Waals surface area contributed by atoms with E-state index < -0.39 is 11.4 Å². The Balaban J connectivity index is 0.00000144. The van der Waals surface area contributed by atoms with Crippen molar-refractivity contribution in [2.24, 2.45) is 0 Å². The fourth-order valence-electron chi connectivity index (χ4n) is 0.739. The molecule has 0 aromatic carbocycles. The van der Waals surface area contributed by atoms with E-state index in [0.29, 0.717) is 5.69 Å². The summed E-state index contributed by atoms with van der Waals surface area (Å²) in [6, 6.07) is 3.26. The molecular weight excluding hydrogens is 179 g/mol. The molecule has 0 bridgehead atoms. The summed E-state index contributed by atoms with van der Waals surface area (Å²) in [5.41, 5.74) is -0.668. The van der Waals surface area contributed by atoms with Crippen molar-refractivity contribution < 1.29 is 39.5 Å². The number of carbonyl (C=O) groups is 1. The summed E-state index contributed by atoms with van der Waals surface area (Å²) in [6.45, 7) is 3.07. The van der Waals surface area contributed by atoms with Gasteiger partial charge in [0.25, 0.3) is 0 Å². The Morgan fingerprint density at radius 1 is 1.54 bits per heavy atom. The molecule has 0 fully saturated rings. The average molecular weight is 188 g/mol. The molecule has 0 aliphatic heterocycles. The summed E-state index contributed by atoms with van der Waals surface area (Å²) in [6.07, 6.45) is 1.49. The van der Waals surface area contributed by atoms with Crippen LogP contribution in [-0.4, -0.2) is 16.2 Å². The van der Waals surface area contributed by atoms with Gasteiger partial charge >= 0.3 is 29.6 Å². The van der Waals surface area contributed by atoms with Crippen LogP contribution in [0.1, 0.15) is 19.5 Å². The molecule has 0 aliphatic carbocycles. The van der Waals surface area contributed by atoms with Gasteiger partial charge in [0.15, 0.2) is 0 Å². The number of hydrogen-bond acceptors (Lipinski definition) is 4. The van der Waals surface area contributed by atoms with E-state index in [2.05, 4.69) is 10.2 Å². The molecule has 1 rings (SSSR count). The van der Waals surface area contributed by atoms with E-state index >= 15 is 0 Å². The summed E-state index contributed by atoms with van der Waals surface area (Å²) in [5, 5.41) is 17.9. The molecule has 0 N–H and O–H groups in total. The minimum atomic E-state index is -1.15. The van der Waals surface area contributed by atoms with E-state index in [1.54, 1.807) is 12.1 Å². The average Bonchev–Trinajstić information content (AvgIpc) is 2.06. The van der Waals surface area contributed by atoms with Gasteiger partial charge in [-0.3, -0.25) is 0 Å². The number of rotatable bonds is 2. The van der Waals surface area contributed by atoms with Crippen LogP contribution in [0.5, 0.6) is 0 Å². The maximum Gasteiger partial charge on any atom is 1.00 e. The Morgan fingerprint density at radius 3 is 2.54 bits per heavy atom. The number of carboxylic acids is 1. The Bertz CT molecular complexity index is 287. The molecule has 1 heterocycles. The van der Waals surface area contributed by atoms with E-state index in [9.17, 15) is 9.90 Å². The molecule has 64 valence electrons. The van der Waals surface area contributed by atoms with Gasteiger partial charge in [-0.05, 0) is 26.0 Å². The first kappa shape index (κ1) is 12.6. The molecule has 0 unspecified atom stereocenters. The van der Waals surface area contributed by atoms with Gasteiger partial charge in [-0.1, -0.05) is 0 Å². The van der Waals surface area contributed by atoms with E-state index in [-0.39, 0.29) is 29.6 Å². The third-order valence-corrected chi connectivity index (χ3v) is 1.72. The largest absolute Gasteiger partial charge is 1.00 e. The van der Waals surface area contributed by atoms with Crippen LogP contribution in [0.4, 0.5) is 0 Å². The van der Waals surface area contributed by atoms with Gasteiger partial charge in [-0.25, -0.2) is 0 Å². The molecule has 0 spiro atoms. The molecule has 5 heteroatoms. The van der Waals surface area contributed by atoms with Gasteiger partial charge in [0.2, 0.25) is 0 Å². The molecule has 13 heavy (non-hydrogen) atoms. The molecule has 1 aromatic rings. The SMILES string of the molecule is CC(C)(C(=O)[O-])c1cccnn1.[Na+]. The summed E-state index contributed by atoms with van der Waals surface area (Å²) in [5.74, 6) is -1.15. The number of nitrogens with zero attached hydrogens (tertiary/aromatic N) is 2. The fraction of sp³-hybridized carbons (Fsp3) is 0.375. The van der Waals surface area contributed by atoms with Crippen molar-refractivity contribution in [2.45, 2.75) is 19.3 Å². The number of carbonyl (C=O) groups excluding carboxylic acids is 1. The zero-order valence-electron chi connectivity index (χ0n) is 7.94. The maximum atomic E-state index is 10.6. The number of aromatic nitrogens is 2. The minimum absolute atomic E-state index is 0. The van der Waals surface area contributed by atoms with Gasteiger partial charge in [-0.2, -0.15) is 10.2 Å². The quantitative estimate of drug-likeness (QED) is 0.452. The third-order valence-electron chi connectivity index (χ3n) is 1.72. The maximum absolute atomic E-state index is 10.6. The van der Waals surface area contributed by atoms with Crippen LogP contribution in [0.25, 0.3) is 0 Å². The van der Waals surface area contributed by atoms with Crippen molar-refractivity contribution in [3.63, 3.8) is 0 Å². The standard InChI is InChI=1S/C8H10N2O2.Na/c1-8(2,7(11)12)6-4-3-5-9-10-6;/h3-5H,1-2H3,(H,11,12);/q;+1/p-1. The Labute approximate surface area is 98.7 Å². The predicted molar refractivity (Wildman–Crippen MR) is 40.1 cm³/mol. The Kier molecular flexibility index (Phi) is 4.53. The molecule has 4 nitrogen and oxygen atoms in total. The first-order valence-corrected chi connectivity index (χ1v) is 3.55. The Morgan fingerprint density at radius 2 is 2.15 bits per heavy atom. The minimum Gasteiger partial charge on any atom is -0.549 e. The molecule has 0 saturated heterocycles. The third kappa shape index (κ3) is 2.76. The second kappa shape index (κ2) is 4.69. The molecule has 0 saturated carbocycles. The van der Waals surface area contributed by atoms with E-state index in [0.717, 1.165) is 0 Å². The van der Waals surface area contributed by atoms with Gasteiger partial charge in [0, 0.05) is 11.6 Å². The van der Waals surface area contributed by atoms with Gasteiger partial charge in [0.1, 0.15) is 0 Å². The van der Waals surface area contributed by atoms with Crippen LogP contribution in [-0.2, 0) is 10.2 Å². The zero-order valence-corrected chi connectivity index (χ0v) is 9.94. The van der Waals surface area contributed by atoms with Crippen molar-refractivity contribution in [1.29, 1.82) is 0 Å². The van der Waals surface area contributed by atoms with E-state index in [1.165, 1.54) is 20.0 Å². The molecule has 1 aromatic heterocycles. The van der Waals surface area contributed by atoms with Crippen molar-refractivity contribution >= 4 is 5.97 Å². The normalized spacial score (nSPS) is 10.3. The molecular formula is C8H9N2NaO2. The van der Waals surface area contributed by atoms with Crippen LogP contribution in [0.3, 0.4) is 0 Å². The number of hydrogen-bond donors (Lipinski definition) is 0. The molecule has 0 atom stereocenters. The summed E-state index contributed by atoms with van der Waals surface area (Å²) >= 11 is 0. The van der Waals surface area contributed by atoms with Crippen LogP contribution in [0, 0.1) is 0 Å². The first-order valence-electron chi connectivity index (χ1n) is 3.55. The molecule has 0 radical (unpaired) electrons. The van der Waals surface area contributed by atoms with Crippen LogP contribution < -0.4 is 34.7 Å². The number of carboxylic acid groups (broad SMARTS) is 1. The van der Waals surface area contributed by atoms with Crippen LogP contribution in [0.2, 0.25) is 0 Å². The molecule has 0 aliphatic rings. The van der Waals surface area contributed by atoms with Crippen molar-refractivity contribution in [1.82, 2.24) is 10.2 Å². The number of aliphatic carboxylic acids is 1.